The van der Waals surface area contributed by atoms with E-state index in [1.54, 1.807) is 0 Å². The van der Waals surface area contributed by atoms with E-state index in [0.717, 1.165) is 12.8 Å². The minimum Gasteiger partial charge on any atom is -0.463 e. The molecule has 1 aromatic rings. The molecule has 1 aromatic carbocycles. The van der Waals surface area contributed by atoms with Gasteiger partial charge in [-0.1, -0.05) is 6.07 Å². The van der Waals surface area contributed by atoms with Gasteiger partial charge >= 0.3 is 5.97 Å². The SMILES string of the molecule is CC(C)OC(=O)CCNC(=O)c1ccc2c(c1)CCCC2. The lowest BCUT2D eigenvalue weighted by Crippen LogP contribution is -2.27. The number of hydrogen-bond donors (Lipinski definition) is 1. The Kier molecular flexibility index (Phi) is 5.37. The summed E-state index contributed by atoms with van der Waals surface area (Å²) >= 11 is 0. The van der Waals surface area contributed by atoms with Gasteiger partial charge in [0.2, 0.25) is 0 Å². The van der Waals surface area contributed by atoms with E-state index < -0.39 is 0 Å². The maximum Gasteiger partial charge on any atom is 0.307 e. The number of hydrogen-bond acceptors (Lipinski definition) is 3. The van der Waals surface area contributed by atoms with Gasteiger partial charge in [-0.05, 0) is 62.8 Å². The van der Waals surface area contributed by atoms with Gasteiger partial charge in [0, 0.05) is 12.1 Å². The molecular weight excluding hydrogens is 266 g/mol. The smallest absolute Gasteiger partial charge is 0.307 e. The molecule has 1 N–H and O–H groups in total. The monoisotopic (exact) mass is 289 g/mol. The first kappa shape index (κ1) is 15.5. The third kappa shape index (κ3) is 4.59. The fraction of sp³-hybridized carbons (Fsp3) is 0.529. The van der Waals surface area contributed by atoms with Crippen LogP contribution in [0.3, 0.4) is 0 Å². The Morgan fingerprint density at radius 3 is 2.62 bits per heavy atom. The lowest BCUT2D eigenvalue weighted by atomic mass is 9.90. The molecule has 21 heavy (non-hydrogen) atoms. The van der Waals surface area contributed by atoms with Crippen LogP contribution in [0.1, 0.15) is 54.6 Å². The second-order valence-electron chi connectivity index (χ2n) is 5.74. The van der Waals surface area contributed by atoms with Crippen molar-refractivity contribution in [2.75, 3.05) is 6.54 Å². The third-order valence-corrected chi connectivity index (χ3v) is 3.59. The number of benzene rings is 1. The highest BCUT2D eigenvalue weighted by Crippen LogP contribution is 2.22. The van der Waals surface area contributed by atoms with Crippen LogP contribution in [0.2, 0.25) is 0 Å². The van der Waals surface area contributed by atoms with E-state index in [-0.39, 0.29) is 24.4 Å². The largest absolute Gasteiger partial charge is 0.463 e. The van der Waals surface area contributed by atoms with Crippen molar-refractivity contribution in [2.45, 2.75) is 52.1 Å². The van der Waals surface area contributed by atoms with Crippen molar-refractivity contribution in [1.29, 1.82) is 0 Å². The zero-order valence-corrected chi connectivity index (χ0v) is 12.8. The molecule has 0 fully saturated rings. The molecule has 0 bridgehead atoms. The Bertz CT molecular complexity index is 523. The first-order chi connectivity index (χ1) is 10.1. The average Bonchev–Trinajstić information content (AvgIpc) is 2.45. The molecule has 0 saturated carbocycles. The highest BCUT2D eigenvalue weighted by Gasteiger charge is 2.13. The first-order valence-corrected chi connectivity index (χ1v) is 7.66. The number of aryl methyl sites for hydroxylation is 2. The summed E-state index contributed by atoms with van der Waals surface area (Å²) < 4.78 is 5.02. The van der Waals surface area contributed by atoms with Crippen LogP contribution in [0.4, 0.5) is 0 Å². The minimum atomic E-state index is -0.282. The molecule has 1 aliphatic rings. The zero-order chi connectivity index (χ0) is 15.2. The van der Waals surface area contributed by atoms with Crippen LogP contribution in [-0.4, -0.2) is 24.5 Å². The molecular formula is C17H23NO3. The Labute approximate surface area is 125 Å². The molecule has 0 aromatic heterocycles. The van der Waals surface area contributed by atoms with Crippen molar-refractivity contribution < 1.29 is 14.3 Å². The number of carbonyl (C=O) groups excluding carboxylic acids is 2. The maximum atomic E-state index is 12.1. The molecule has 114 valence electrons. The number of amides is 1. The summed E-state index contributed by atoms with van der Waals surface area (Å²) in [6.45, 7) is 3.93. The molecule has 0 saturated heterocycles. The first-order valence-electron chi connectivity index (χ1n) is 7.66. The van der Waals surface area contributed by atoms with E-state index in [4.69, 9.17) is 4.74 Å². The van der Waals surface area contributed by atoms with Gasteiger partial charge in [0.15, 0.2) is 0 Å². The van der Waals surface area contributed by atoms with Crippen molar-refractivity contribution in [3.63, 3.8) is 0 Å². The van der Waals surface area contributed by atoms with E-state index in [9.17, 15) is 9.59 Å². The second-order valence-corrected chi connectivity index (χ2v) is 5.74. The lowest BCUT2D eigenvalue weighted by Gasteiger charge is -2.16. The van der Waals surface area contributed by atoms with Crippen molar-refractivity contribution in [2.24, 2.45) is 0 Å². The summed E-state index contributed by atoms with van der Waals surface area (Å²) in [7, 11) is 0. The van der Waals surface area contributed by atoms with Crippen LogP contribution in [-0.2, 0) is 22.4 Å². The number of rotatable bonds is 5. The topological polar surface area (TPSA) is 55.4 Å². The van der Waals surface area contributed by atoms with Gasteiger partial charge in [-0.25, -0.2) is 0 Å². The fourth-order valence-corrected chi connectivity index (χ4v) is 2.58. The molecule has 1 amide bonds. The highest BCUT2D eigenvalue weighted by atomic mass is 16.5. The molecule has 4 nitrogen and oxygen atoms in total. The summed E-state index contributed by atoms with van der Waals surface area (Å²) in [6.07, 6.45) is 4.67. The summed E-state index contributed by atoms with van der Waals surface area (Å²) in [4.78, 5) is 23.5. The lowest BCUT2D eigenvalue weighted by molar-refractivity contribution is -0.147. The maximum absolute atomic E-state index is 12.1. The van der Waals surface area contributed by atoms with Gasteiger partial charge in [0.25, 0.3) is 5.91 Å². The molecule has 4 heteroatoms. The Morgan fingerprint density at radius 1 is 1.19 bits per heavy atom. The number of esters is 1. The summed E-state index contributed by atoms with van der Waals surface area (Å²) in [5.41, 5.74) is 3.32. The van der Waals surface area contributed by atoms with E-state index in [1.165, 1.54) is 24.0 Å². The Hall–Kier alpha value is -1.84. The predicted molar refractivity (Wildman–Crippen MR) is 81.3 cm³/mol. The van der Waals surface area contributed by atoms with Crippen LogP contribution in [0.5, 0.6) is 0 Å². The normalized spacial score (nSPS) is 13.7. The van der Waals surface area contributed by atoms with Gasteiger partial charge in [-0.3, -0.25) is 9.59 Å². The van der Waals surface area contributed by atoms with Crippen molar-refractivity contribution >= 4 is 11.9 Å². The van der Waals surface area contributed by atoms with Crippen LogP contribution in [0.15, 0.2) is 18.2 Å². The number of nitrogens with one attached hydrogen (secondary N) is 1. The standard InChI is InChI=1S/C17H23NO3/c1-12(2)21-16(19)9-10-18-17(20)15-8-7-13-5-3-4-6-14(13)11-15/h7-8,11-12H,3-6,9-10H2,1-2H3,(H,18,20). The number of carbonyl (C=O) groups is 2. The predicted octanol–water partition coefficient (Wildman–Crippen LogP) is 2.64. The van der Waals surface area contributed by atoms with Gasteiger partial charge in [0.1, 0.15) is 0 Å². The quantitative estimate of drug-likeness (QED) is 0.848. The summed E-state index contributed by atoms with van der Waals surface area (Å²) in [6, 6.07) is 5.90. The zero-order valence-electron chi connectivity index (χ0n) is 12.8. The second kappa shape index (κ2) is 7.25. The fourth-order valence-electron chi connectivity index (χ4n) is 2.58. The molecule has 0 heterocycles. The van der Waals surface area contributed by atoms with Gasteiger partial charge < -0.3 is 10.1 Å². The van der Waals surface area contributed by atoms with E-state index in [0.29, 0.717) is 12.1 Å². The van der Waals surface area contributed by atoms with Gasteiger partial charge in [0.05, 0.1) is 12.5 Å². The molecule has 0 atom stereocenters. The Morgan fingerprint density at radius 2 is 1.90 bits per heavy atom. The third-order valence-electron chi connectivity index (χ3n) is 3.59. The molecule has 0 unspecified atom stereocenters. The van der Waals surface area contributed by atoms with Crippen LogP contribution in [0.25, 0.3) is 0 Å². The number of ether oxygens (including phenoxy) is 1. The van der Waals surface area contributed by atoms with E-state index in [1.807, 2.05) is 26.0 Å². The van der Waals surface area contributed by atoms with Gasteiger partial charge in [-0.15, -0.1) is 0 Å². The highest BCUT2D eigenvalue weighted by molar-refractivity contribution is 5.94. The van der Waals surface area contributed by atoms with Crippen molar-refractivity contribution in [3.05, 3.63) is 34.9 Å². The average molecular weight is 289 g/mol. The van der Waals surface area contributed by atoms with Crippen LogP contribution < -0.4 is 5.32 Å². The van der Waals surface area contributed by atoms with E-state index in [2.05, 4.69) is 11.4 Å². The molecule has 1 aliphatic carbocycles. The minimum absolute atomic E-state index is 0.117. The Balaban J connectivity index is 1.85. The number of fused-ring (bicyclic) bond motifs is 1. The summed E-state index contributed by atoms with van der Waals surface area (Å²) in [5.74, 6) is -0.406. The molecule has 2 rings (SSSR count). The van der Waals surface area contributed by atoms with Crippen molar-refractivity contribution in [3.8, 4) is 0 Å². The van der Waals surface area contributed by atoms with Gasteiger partial charge in [-0.2, -0.15) is 0 Å². The molecule has 0 radical (unpaired) electrons. The summed E-state index contributed by atoms with van der Waals surface area (Å²) in [5, 5.41) is 2.77. The molecule has 0 aliphatic heterocycles. The van der Waals surface area contributed by atoms with Crippen LogP contribution in [0, 0.1) is 0 Å². The van der Waals surface area contributed by atoms with Crippen LogP contribution >= 0.6 is 0 Å². The molecule has 0 spiro atoms. The van der Waals surface area contributed by atoms with Crippen molar-refractivity contribution in [1.82, 2.24) is 5.32 Å². The van der Waals surface area contributed by atoms with E-state index >= 15 is 0 Å².